The predicted octanol–water partition coefficient (Wildman–Crippen LogP) is 3.33. The molecule has 0 aliphatic carbocycles. The third-order valence-corrected chi connectivity index (χ3v) is 4.61. The fourth-order valence-corrected chi connectivity index (χ4v) is 3.19. The highest BCUT2D eigenvalue weighted by Crippen LogP contribution is 2.25. The number of rotatable bonds is 9. The van der Waals surface area contributed by atoms with Gasteiger partial charge < -0.3 is 24.8 Å². The summed E-state index contributed by atoms with van der Waals surface area (Å²) < 4.78 is 17.4. The molecule has 1 saturated heterocycles. The van der Waals surface area contributed by atoms with Crippen LogP contribution in [0, 0.1) is 0 Å². The number of halogens is 2. The molecule has 0 aromatic heterocycles. The minimum atomic E-state index is 0. The van der Waals surface area contributed by atoms with Gasteiger partial charge in [-0.3, -0.25) is 4.99 Å². The molecule has 0 spiro atoms. The van der Waals surface area contributed by atoms with E-state index in [9.17, 15) is 0 Å². The number of nitrogens with zero attached hydrogens (tertiary/aromatic N) is 1. The zero-order valence-electron chi connectivity index (χ0n) is 15.4. The molecule has 6 nitrogen and oxygen atoms in total. The van der Waals surface area contributed by atoms with E-state index in [2.05, 4.69) is 31.6 Å². The molecular weight excluding hydrogens is 513 g/mol. The predicted molar refractivity (Wildman–Crippen MR) is 119 cm³/mol. The quantitative estimate of drug-likeness (QED) is 0.217. The number of guanidine groups is 1. The van der Waals surface area contributed by atoms with E-state index in [1.165, 1.54) is 0 Å². The molecule has 148 valence electrons. The summed E-state index contributed by atoms with van der Waals surface area (Å²) in [5, 5.41) is 6.60. The van der Waals surface area contributed by atoms with Crippen molar-refractivity contribution in [1.29, 1.82) is 0 Å². The van der Waals surface area contributed by atoms with E-state index < -0.39 is 0 Å². The molecule has 1 aliphatic rings. The van der Waals surface area contributed by atoms with Crippen LogP contribution < -0.4 is 15.4 Å². The fourth-order valence-electron chi connectivity index (χ4n) is 2.60. The maximum absolute atomic E-state index is 5.65. The second-order valence-corrected chi connectivity index (χ2v) is 6.74. The smallest absolute Gasteiger partial charge is 0.191 e. The first-order valence-electron chi connectivity index (χ1n) is 8.69. The van der Waals surface area contributed by atoms with Crippen molar-refractivity contribution >= 4 is 45.9 Å². The van der Waals surface area contributed by atoms with Crippen molar-refractivity contribution in [1.82, 2.24) is 10.6 Å². The number of nitrogens with one attached hydrogen (secondary N) is 2. The third-order valence-electron chi connectivity index (χ3n) is 3.99. The van der Waals surface area contributed by atoms with Gasteiger partial charge in [-0.1, -0.05) is 6.07 Å². The van der Waals surface area contributed by atoms with Gasteiger partial charge in [0.1, 0.15) is 5.75 Å². The molecule has 1 unspecified atom stereocenters. The first kappa shape index (κ1) is 23.5. The molecule has 1 aliphatic heterocycles. The van der Waals surface area contributed by atoms with Crippen molar-refractivity contribution in [2.45, 2.75) is 31.9 Å². The van der Waals surface area contributed by atoms with Gasteiger partial charge in [-0.2, -0.15) is 0 Å². The van der Waals surface area contributed by atoms with Crippen LogP contribution in [0.5, 0.6) is 5.75 Å². The van der Waals surface area contributed by atoms with Crippen LogP contribution in [0.25, 0.3) is 0 Å². The lowest BCUT2D eigenvalue weighted by Crippen LogP contribution is -2.37. The normalized spacial score (nSPS) is 16.9. The van der Waals surface area contributed by atoms with Gasteiger partial charge in [-0.25, -0.2) is 0 Å². The maximum Gasteiger partial charge on any atom is 0.191 e. The lowest BCUT2D eigenvalue weighted by atomic mass is 10.2. The highest BCUT2D eigenvalue weighted by Gasteiger charge is 2.14. The molecule has 1 fully saturated rings. The Morgan fingerprint density at radius 2 is 2.23 bits per heavy atom. The van der Waals surface area contributed by atoms with Gasteiger partial charge in [0.15, 0.2) is 5.96 Å². The lowest BCUT2D eigenvalue weighted by molar-refractivity contribution is 0.0168. The van der Waals surface area contributed by atoms with Gasteiger partial charge in [0.25, 0.3) is 0 Å². The van der Waals surface area contributed by atoms with Crippen LogP contribution in [0.4, 0.5) is 0 Å². The Morgan fingerprint density at radius 1 is 1.38 bits per heavy atom. The number of ether oxygens (including phenoxy) is 3. The molecule has 0 bridgehead atoms. The Kier molecular flexibility index (Phi) is 12.2. The Labute approximate surface area is 181 Å². The Balaban J connectivity index is 0.00000338. The van der Waals surface area contributed by atoms with Crippen molar-refractivity contribution in [3.05, 3.63) is 28.2 Å². The van der Waals surface area contributed by atoms with Crippen LogP contribution in [0.2, 0.25) is 0 Å². The van der Waals surface area contributed by atoms with Crippen molar-refractivity contribution in [2.24, 2.45) is 4.99 Å². The monoisotopic (exact) mass is 541 g/mol. The Morgan fingerprint density at radius 3 is 2.88 bits per heavy atom. The summed E-state index contributed by atoms with van der Waals surface area (Å²) in [7, 11) is 3.43. The number of hydrogen-bond donors (Lipinski definition) is 2. The second kappa shape index (κ2) is 13.6. The molecule has 2 rings (SSSR count). The van der Waals surface area contributed by atoms with Crippen molar-refractivity contribution < 1.29 is 14.2 Å². The molecule has 0 amide bonds. The molecule has 1 heterocycles. The summed E-state index contributed by atoms with van der Waals surface area (Å²) in [5.74, 6) is 1.61. The zero-order valence-corrected chi connectivity index (χ0v) is 19.3. The summed E-state index contributed by atoms with van der Waals surface area (Å²) in [6, 6.07) is 6.02. The summed E-state index contributed by atoms with van der Waals surface area (Å²) >= 11 is 3.50. The molecule has 1 aromatic carbocycles. The number of benzene rings is 1. The molecule has 0 saturated carbocycles. The molecule has 26 heavy (non-hydrogen) atoms. The highest BCUT2D eigenvalue weighted by atomic mass is 127. The van der Waals surface area contributed by atoms with Gasteiger partial charge in [-0.15, -0.1) is 24.0 Å². The van der Waals surface area contributed by atoms with Crippen LogP contribution in [0.3, 0.4) is 0 Å². The van der Waals surface area contributed by atoms with Crippen LogP contribution in [0.1, 0.15) is 24.8 Å². The minimum Gasteiger partial charge on any atom is -0.496 e. The molecule has 2 N–H and O–H groups in total. The Hall–Kier alpha value is -0.580. The SMILES string of the molecule is CN=C(NCCCOCC1CCCO1)NCc1ccc(OC)c(Br)c1.I. The second-order valence-electron chi connectivity index (χ2n) is 5.88. The van der Waals surface area contributed by atoms with E-state index in [1.54, 1.807) is 14.2 Å². The zero-order chi connectivity index (χ0) is 17.9. The van der Waals surface area contributed by atoms with Gasteiger partial charge in [0.2, 0.25) is 0 Å². The highest BCUT2D eigenvalue weighted by molar-refractivity contribution is 14.0. The van der Waals surface area contributed by atoms with Gasteiger partial charge in [-0.05, 0) is 52.9 Å². The Bertz CT molecular complexity index is 554. The summed E-state index contributed by atoms with van der Waals surface area (Å²) in [5.41, 5.74) is 1.15. The number of methoxy groups -OCH3 is 1. The van der Waals surface area contributed by atoms with E-state index in [-0.39, 0.29) is 24.0 Å². The largest absolute Gasteiger partial charge is 0.496 e. The standard InChI is InChI=1S/C18H28BrN3O3.HI/c1-20-18(21-8-4-9-24-13-15-5-3-10-25-15)22-12-14-6-7-17(23-2)16(19)11-14;/h6-7,11,15H,3-5,8-10,12-13H2,1-2H3,(H2,20,21,22);1H. The molecule has 1 aromatic rings. The van der Waals surface area contributed by atoms with Gasteiger partial charge in [0, 0.05) is 33.4 Å². The average molecular weight is 542 g/mol. The van der Waals surface area contributed by atoms with Crippen LogP contribution in [0.15, 0.2) is 27.7 Å². The summed E-state index contributed by atoms with van der Waals surface area (Å²) in [6.07, 6.45) is 3.51. The fraction of sp³-hybridized carbons (Fsp3) is 0.611. The van der Waals surface area contributed by atoms with E-state index in [1.807, 2.05) is 18.2 Å². The first-order chi connectivity index (χ1) is 12.2. The van der Waals surface area contributed by atoms with E-state index in [0.29, 0.717) is 19.3 Å². The van der Waals surface area contributed by atoms with Gasteiger partial charge in [0.05, 0.1) is 24.3 Å². The van der Waals surface area contributed by atoms with E-state index in [0.717, 1.165) is 60.8 Å². The molecule has 8 heteroatoms. The van der Waals surface area contributed by atoms with Crippen LogP contribution in [-0.4, -0.2) is 52.6 Å². The molecule has 1 atom stereocenters. The summed E-state index contributed by atoms with van der Waals surface area (Å²) in [4.78, 5) is 4.24. The van der Waals surface area contributed by atoms with Crippen LogP contribution >= 0.6 is 39.9 Å². The third kappa shape index (κ3) is 8.41. The van der Waals surface area contributed by atoms with E-state index in [4.69, 9.17) is 14.2 Å². The van der Waals surface area contributed by atoms with Crippen molar-refractivity contribution in [3.63, 3.8) is 0 Å². The van der Waals surface area contributed by atoms with Crippen molar-refractivity contribution in [2.75, 3.05) is 40.5 Å². The lowest BCUT2D eigenvalue weighted by Gasteiger charge is -2.13. The van der Waals surface area contributed by atoms with Crippen molar-refractivity contribution in [3.8, 4) is 5.75 Å². The summed E-state index contributed by atoms with van der Waals surface area (Å²) in [6.45, 7) is 3.83. The van der Waals surface area contributed by atoms with Crippen LogP contribution in [-0.2, 0) is 16.0 Å². The number of aliphatic imine (C=N–C) groups is 1. The first-order valence-corrected chi connectivity index (χ1v) is 9.48. The van der Waals surface area contributed by atoms with Gasteiger partial charge >= 0.3 is 0 Å². The topological polar surface area (TPSA) is 64.1 Å². The number of hydrogen-bond acceptors (Lipinski definition) is 4. The molecule has 0 radical (unpaired) electrons. The molecular formula is C18H29BrIN3O3. The average Bonchev–Trinajstić information content (AvgIpc) is 3.14. The maximum atomic E-state index is 5.65. The van der Waals surface area contributed by atoms with E-state index >= 15 is 0 Å². The minimum absolute atomic E-state index is 0.